The number of benzene rings is 2. The molecule has 0 aliphatic rings. The fourth-order valence-electron chi connectivity index (χ4n) is 2.26. The number of hydrogen-bond acceptors (Lipinski definition) is 7. The van der Waals surface area contributed by atoms with E-state index >= 15 is 0 Å². The van der Waals surface area contributed by atoms with Crippen molar-refractivity contribution in [1.82, 2.24) is 0 Å². The number of nitrogens with one attached hydrogen (secondary N) is 1. The zero-order valence-electron chi connectivity index (χ0n) is 14.6. The van der Waals surface area contributed by atoms with E-state index in [1.807, 2.05) is 0 Å². The number of carbonyl (C=O) groups excluding carboxylic acids is 3. The molecule has 0 radical (unpaired) electrons. The van der Waals surface area contributed by atoms with Gasteiger partial charge in [-0.25, -0.2) is 9.59 Å². The van der Waals surface area contributed by atoms with Crippen molar-refractivity contribution in [2.75, 3.05) is 19.0 Å². The smallest absolute Gasteiger partial charge is 0.339 e. The van der Waals surface area contributed by atoms with Gasteiger partial charge >= 0.3 is 11.9 Å². The van der Waals surface area contributed by atoms with Crippen LogP contribution in [-0.4, -0.2) is 36.5 Å². The molecule has 9 heteroatoms. The quantitative estimate of drug-likeness (QED) is 0.469. The summed E-state index contributed by atoms with van der Waals surface area (Å²) in [6.07, 6.45) is 0. The molecule has 0 heterocycles. The molecule has 0 unspecified atom stereocenters. The Hall–Kier alpha value is -3.75. The maximum atomic E-state index is 12.1. The van der Waals surface area contributed by atoms with E-state index in [2.05, 4.69) is 10.1 Å². The summed E-state index contributed by atoms with van der Waals surface area (Å²) in [4.78, 5) is 45.6. The summed E-state index contributed by atoms with van der Waals surface area (Å²) in [5.41, 5.74) is 0.684. The Balaban J connectivity index is 1.96. The van der Waals surface area contributed by atoms with Crippen molar-refractivity contribution in [2.45, 2.75) is 6.92 Å². The van der Waals surface area contributed by atoms with E-state index < -0.39 is 29.4 Å². The Morgan fingerprint density at radius 2 is 1.74 bits per heavy atom. The monoisotopic (exact) mass is 372 g/mol. The number of nitro benzene ring substituents is 1. The summed E-state index contributed by atoms with van der Waals surface area (Å²) in [7, 11) is 1.26. The average molecular weight is 372 g/mol. The third-order valence-corrected chi connectivity index (χ3v) is 3.65. The van der Waals surface area contributed by atoms with Crippen LogP contribution >= 0.6 is 0 Å². The van der Waals surface area contributed by atoms with Crippen molar-refractivity contribution >= 4 is 29.2 Å². The number of anilines is 1. The first-order valence-electron chi connectivity index (χ1n) is 7.73. The lowest BCUT2D eigenvalue weighted by Gasteiger charge is -2.08. The first kappa shape index (κ1) is 19.6. The van der Waals surface area contributed by atoms with Gasteiger partial charge in [-0.1, -0.05) is 6.07 Å². The molecule has 27 heavy (non-hydrogen) atoms. The van der Waals surface area contributed by atoms with Crippen LogP contribution in [-0.2, 0) is 14.3 Å². The second kappa shape index (κ2) is 8.56. The van der Waals surface area contributed by atoms with Gasteiger partial charge in [0.25, 0.3) is 11.6 Å². The van der Waals surface area contributed by atoms with Crippen molar-refractivity contribution in [2.24, 2.45) is 0 Å². The Morgan fingerprint density at radius 1 is 1.07 bits per heavy atom. The van der Waals surface area contributed by atoms with Gasteiger partial charge in [-0.15, -0.1) is 0 Å². The minimum atomic E-state index is -0.840. The van der Waals surface area contributed by atoms with Crippen LogP contribution in [0, 0.1) is 17.0 Å². The lowest BCUT2D eigenvalue weighted by Crippen LogP contribution is -2.21. The molecule has 0 fully saturated rings. The van der Waals surface area contributed by atoms with Crippen LogP contribution in [0.1, 0.15) is 26.3 Å². The van der Waals surface area contributed by atoms with Crippen LogP contribution in [0.15, 0.2) is 42.5 Å². The van der Waals surface area contributed by atoms with Crippen LogP contribution < -0.4 is 5.32 Å². The molecule has 1 N–H and O–H groups in total. The van der Waals surface area contributed by atoms with Gasteiger partial charge in [0.15, 0.2) is 6.61 Å². The molecule has 0 atom stereocenters. The summed E-state index contributed by atoms with van der Waals surface area (Å²) in [6, 6.07) is 9.96. The van der Waals surface area contributed by atoms with E-state index in [1.54, 1.807) is 0 Å². The number of carbonyl (C=O) groups is 3. The number of esters is 2. The Morgan fingerprint density at radius 3 is 2.33 bits per heavy atom. The molecule has 0 saturated carbocycles. The topological polar surface area (TPSA) is 125 Å². The fourth-order valence-corrected chi connectivity index (χ4v) is 2.26. The third kappa shape index (κ3) is 4.88. The number of nitro groups is 1. The molecule has 0 bridgehead atoms. The largest absolute Gasteiger partial charge is 0.465 e. The van der Waals surface area contributed by atoms with Crippen LogP contribution in [0.4, 0.5) is 11.4 Å². The van der Waals surface area contributed by atoms with E-state index in [9.17, 15) is 24.5 Å². The van der Waals surface area contributed by atoms with Gasteiger partial charge in [0.2, 0.25) is 0 Å². The van der Waals surface area contributed by atoms with Crippen molar-refractivity contribution in [3.8, 4) is 0 Å². The van der Waals surface area contributed by atoms with Crippen molar-refractivity contribution in [1.29, 1.82) is 0 Å². The van der Waals surface area contributed by atoms with Crippen LogP contribution in [0.25, 0.3) is 0 Å². The molecular formula is C18H16N2O7. The molecule has 2 rings (SSSR count). The molecule has 0 spiro atoms. The summed E-state index contributed by atoms with van der Waals surface area (Å²) in [6.45, 7) is 0.859. The molecule has 0 aliphatic heterocycles. The third-order valence-electron chi connectivity index (χ3n) is 3.65. The standard InChI is InChI=1S/C18H16N2O7/c1-11-14(4-3-5-15(11)20(24)25)18(23)27-10-16(21)19-13-8-6-12(7-9-13)17(22)26-2/h3-9H,10H2,1-2H3,(H,19,21). The Kier molecular flexibility index (Phi) is 6.21. The molecule has 2 aromatic rings. The van der Waals surface area contributed by atoms with Gasteiger partial charge in [-0.3, -0.25) is 14.9 Å². The number of ether oxygens (including phenoxy) is 2. The van der Waals surface area contributed by atoms with E-state index in [-0.39, 0.29) is 16.8 Å². The molecule has 0 aromatic heterocycles. The summed E-state index contributed by atoms with van der Waals surface area (Å²) >= 11 is 0. The highest BCUT2D eigenvalue weighted by Gasteiger charge is 2.19. The normalized spacial score (nSPS) is 10.0. The predicted octanol–water partition coefficient (Wildman–Crippen LogP) is 2.49. The van der Waals surface area contributed by atoms with E-state index in [0.717, 1.165) is 0 Å². The summed E-state index contributed by atoms with van der Waals surface area (Å²) in [5, 5.41) is 13.4. The van der Waals surface area contributed by atoms with Crippen molar-refractivity contribution in [3.63, 3.8) is 0 Å². The highest BCUT2D eigenvalue weighted by Crippen LogP contribution is 2.21. The van der Waals surface area contributed by atoms with Gasteiger partial charge in [0.1, 0.15) is 0 Å². The zero-order chi connectivity index (χ0) is 20.0. The summed E-state index contributed by atoms with van der Waals surface area (Å²) in [5.74, 6) is -1.95. The van der Waals surface area contributed by atoms with E-state index in [0.29, 0.717) is 11.3 Å². The van der Waals surface area contributed by atoms with Crippen LogP contribution in [0.3, 0.4) is 0 Å². The highest BCUT2D eigenvalue weighted by molar-refractivity contribution is 5.97. The molecule has 140 valence electrons. The fraction of sp³-hybridized carbons (Fsp3) is 0.167. The van der Waals surface area contributed by atoms with Crippen molar-refractivity contribution < 1.29 is 28.8 Å². The van der Waals surface area contributed by atoms with Crippen LogP contribution in [0.5, 0.6) is 0 Å². The van der Waals surface area contributed by atoms with Gasteiger partial charge in [-0.2, -0.15) is 0 Å². The number of amides is 1. The maximum Gasteiger partial charge on any atom is 0.339 e. The molecular weight excluding hydrogens is 356 g/mol. The first-order valence-corrected chi connectivity index (χ1v) is 7.73. The highest BCUT2D eigenvalue weighted by atomic mass is 16.6. The molecule has 9 nitrogen and oxygen atoms in total. The van der Waals surface area contributed by atoms with Crippen LogP contribution in [0.2, 0.25) is 0 Å². The van der Waals surface area contributed by atoms with Gasteiger partial charge < -0.3 is 14.8 Å². The summed E-state index contributed by atoms with van der Waals surface area (Å²) < 4.78 is 9.48. The SMILES string of the molecule is COC(=O)c1ccc(NC(=O)COC(=O)c2cccc([N+](=O)[O-])c2C)cc1. The molecule has 0 aliphatic carbocycles. The molecule has 1 amide bonds. The van der Waals surface area contributed by atoms with E-state index in [1.165, 1.54) is 56.5 Å². The average Bonchev–Trinajstić information content (AvgIpc) is 2.66. The van der Waals surface area contributed by atoms with E-state index in [4.69, 9.17) is 4.74 Å². The second-order valence-electron chi connectivity index (χ2n) is 5.40. The first-order chi connectivity index (χ1) is 12.8. The van der Waals surface area contributed by atoms with Crippen molar-refractivity contribution in [3.05, 3.63) is 69.3 Å². The Labute approximate surface area is 154 Å². The number of hydrogen-bond donors (Lipinski definition) is 1. The molecule has 0 saturated heterocycles. The Bertz CT molecular complexity index is 891. The minimum absolute atomic E-state index is 0.0134. The number of rotatable bonds is 6. The van der Waals surface area contributed by atoms with Gasteiger partial charge in [0, 0.05) is 17.3 Å². The zero-order valence-corrected chi connectivity index (χ0v) is 14.6. The van der Waals surface area contributed by atoms with Gasteiger partial charge in [-0.05, 0) is 37.3 Å². The molecule has 2 aromatic carbocycles. The number of nitrogens with zero attached hydrogens (tertiary/aromatic N) is 1. The predicted molar refractivity (Wildman–Crippen MR) is 94.5 cm³/mol. The number of methoxy groups -OCH3 is 1. The minimum Gasteiger partial charge on any atom is -0.465 e. The maximum absolute atomic E-state index is 12.1. The second-order valence-corrected chi connectivity index (χ2v) is 5.40. The lowest BCUT2D eigenvalue weighted by atomic mass is 10.1. The lowest BCUT2D eigenvalue weighted by molar-refractivity contribution is -0.385. The van der Waals surface area contributed by atoms with Gasteiger partial charge in [0.05, 0.1) is 23.2 Å².